The Labute approximate surface area is 113 Å². The lowest BCUT2D eigenvalue weighted by Crippen LogP contribution is -2.08. The maximum atomic E-state index is 5.45. The van der Waals surface area contributed by atoms with Gasteiger partial charge in [-0.2, -0.15) is 0 Å². The van der Waals surface area contributed by atoms with E-state index in [4.69, 9.17) is 13.9 Å². The summed E-state index contributed by atoms with van der Waals surface area (Å²) in [6, 6.07) is 9.72. The average Bonchev–Trinajstić information content (AvgIpc) is 2.98. The zero-order valence-electron chi connectivity index (χ0n) is 11.5. The minimum Gasteiger partial charge on any atom is -0.497 e. The highest BCUT2D eigenvalue weighted by atomic mass is 16.5. The summed E-state index contributed by atoms with van der Waals surface area (Å²) in [5, 5.41) is 3.43. The van der Waals surface area contributed by atoms with Crippen molar-refractivity contribution in [1.29, 1.82) is 0 Å². The van der Waals surface area contributed by atoms with E-state index in [0.717, 1.165) is 29.4 Å². The first-order chi connectivity index (χ1) is 9.26. The van der Waals surface area contributed by atoms with Gasteiger partial charge in [-0.25, -0.2) is 0 Å². The van der Waals surface area contributed by atoms with Crippen molar-refractivity contribution in [2.24, 2.45) is 0 Å². The average molecular weight is 261 g/mol. The topological polar surface area (TPSA) is 43.6 Å². The fourth-order valence-electron chi connectivity index (χ4n) is 1.96. The second-order valence-electron chi connectivity index (χ2n) is 4.22. The van der Waals surface area contributed by atoms with Gasteiger partial charge in [0, 0.05) is 23.9 Å². The fraction of sp³-hybridized carbons (Fsp3) is 0.333. The number of methoxy groups -OCH3 is 2. The van der Waals surface area contributed by atoms with Crippen molar-refractivity contribution >= 4 is 5.69 Å². The van der Waals surface area contributed by atoms with Gasteiger partial charge in [0.05, 0.1) is 26.5 Å². The van der Waals surface area contributed by atoms with E-state index < -0.39 is 0 Å². The van der Waals surface area contributed by atoms with Crippen LogP contribution in [-0.4, -0.2) is 14.2 Å². The minimum atomic E-state index is 0.131. The van der Waals surface area contributed by atoms with Gasteiger partial charge in [-0.15, -0.1) is 0 Å². The molecule has 1 N–H and O–H groups in total. The molecule has 4 heteroatoms. The molecule has 19 heavy (non-hydrogen) atoms. The van der Waals surface area contributed by atoms with Crippen molar-refractivity contribution in [3.63, 3.8) is 0 Å². The van der Waals surface area contributed by atoms with Crippen molar-refractivity contribution in [1.82, 2.24) is 0 Å². The molecule has 0 saturated carbocycles. The smallest absolute Gasteiger partial charge is 0.125 e. The monoisotopic (exact) mass is 261 g/mol. The lowest BCUT2D eigenvalue weighted by atomic mass is 10.1. The Morgan fingerprint density at radius 1 is 1.16 bits per heavy atom. The standard InChI is InChI=1S/C15H19NO3/c1-4-14(15-6-5-7-19-15)16-11-8-12(17-2)10-13(9-11)18-3/h5-10,14,16H,4H2,1-3H3. The number of anilines is 1. The molecular formula is C15H19NO3. The van der Waals surface area contributed by atoms with E-state index in [1.807, 2.05) is 30.3 Å². The summed E-state index contributed by atoms with van der Waals surface area (Å²) < 4.78 is 16.0. The molecule has 0 saturated heterocycles. The normalized spacial score (nSPS) is 11.9. The molecule has 2 rings (SSSR count). The summed E-state index contributed by atoms with van der Waals surface area (Å²) in [4.78, 5) is 0. The fourth-order valence-corrected chi connectivity index (χ4v) is 1.96. The number of benzene rings is 1. The van der Waals surface area contributed by atoms with E-state index in [0.29, 0.717) is 0 Å². The third-order valence-electron chi connectivity index (χ3n) is 2.99. The van der Waals surface area contributed by atoms with E-state index in [9.17, 15) is 0 Å². The molecule has 102 valence electrons. The summed E-state index contributed by atoms with van der Waals surface area (Å²) in [6.45, 7) is 2.11. The van der Waals surface area contributed by atoms with Gasteiger partial charge in [0.2, 0.25) is 0 Å². The molecule has 1 atom stereocenters. The van der Waals surface area contributed by atoms with Gasteiger partial charge in [0.15, 0.2) is 0 Å². The van der Waals surface area contributed by atoms with Crippen molar-refractivity contribution in [3.05, 3.63) is 42.4 Å². The first-order valence-corrected chi connectivity index (χ1v) is 6.29. The quantitative estimate of drug-likeness (QED) is 0.857. The van der Waals surface area contributed by atoms with Crippen LogP contribution in [0.15, 0.2) is 41.0 Å². The summed E-state index contributed by atoms with van der Waals surface area (Å²) in [5.74, 6) is 2.44. The van der Waals surface area contributed by atoms with Crippen molar-refractivity contribution in [3.8, 4) is 11.5 Å². The summed E-state index contributed by atoms with van der Waals surface area (Å²) in [5.41, 5.74) is 0.944. The SMILES string of the molecule is CCC(Nc1cc(OC)cc(OC)c1)c1ccco1. The number of furan rings is 1. The van der Waals surface area contributed by atoms with Crippen LogP contribution in [0.2, 0.25) is 0 Å². The third kappa shape index (κ3) is 3.22. The number of nitrogens with one attached hydrogen (secondary N) is 1. The third-order valence-corrected chi connectivity index (χ3v) is 2.99. The molecule has 0 radical (unpaired) electrons. The van der Waals surface area contributed by atoms with E-state index >= 15 is 0 Å². The minimum absolute atomic E-state index is 0.131. The van der Waals surface area contributed by atoms with Crippen LogP contribution in [0.5, 0.6) is 11.5 Å². The largest absolute Gasteiger partial charge is 0.497 e. The number of ether oxygens (including phenoxy) is 2. The van der Waals surface area contributed by atoms with Gasteiger partial charge in [0.1, 0.15) is 17.3 Å². The van der Waals surface area contributed by atoms with E-state index in [-0.39, 0.29) is 6.04 Å². The van der Waals surface area contributed by atoms with Crippen LogP contribution in [0.25, 0.3) is 0 Å². The molecule has 0 spiro atoms. The van der Waals surface area contributed by atoms with Crippen LogP contribution in [0, 0.1) is 0 Å². The second kappa shape index (κ2) is 6.18. The molecule has 2 aromatic rings. The first-order valence-electron chi connectivity index (χ1n) is 6.29. The van der Waals surface area contributed by atoms with Crippen LogP contribution < -0.4 is 14.8 Å². The van der Waals surface area contributed by atoms with Crippen LogP contribution >= 0.6 is 0 Å². The molecule has 1 aromatic heterocycles. The maximum absolute atomic E-state index is 5.45. The molecule has 1 heterocycles. The second-order valence-corrected chi connectivity index (χ2v) is 4.22. The molecule has 0 fully saturated rings. The van der Waals surface area contributed by atoms with Gasteiger partial charge in [-0.3, -0.25) is 0 Å². The lowest BCUT2D eigenvalue weighted by Gasteiger charge is -2.17. The number of hydrogen-bond donors (Lipinski definition) is 1. The van der Waals surface area contributed by atoms with Gasteiger partial charge < -0.3 is 19.2 Å². The van der Waals surface area contributed by atoms with E-state index in [1.165, 1.54) is 0 Å². The molecule has 4 nitrogen and oxygen atoms in total. The van der Waals surface area contributed by atoms with E-state index in [1.54, 1.807) is 20.5 Å². The Morgan fingerprint density at radius 3 is 2.32 bits per heavy atom. The van der Waals surface area contributed by atoms with Gasteiger partial charge in [0.25, 0.3) is 0 Å². The summed E-state index contributed by atoms with van der Waals surface area (Å²) in [7, 11) is 3.28. The predicted molar refractivity (Wildman–Crippen MR) is 74.9 cm³/mol. The highest BCUT2D eigenvalue weighted by Gasteiger charge is 2.12. The van der Waals surface area contributed by atoms with Crippen LogP contribution in [-0.2, 0) is 0 Å². The Morgan fingerprint density at radius 2 is 1.84 bits per heavy atom. The zero-order valence-corrected chi connectivity index (χ0v) is 11.5. The Kier molecular flexibility index (Phi) is 4.34. The van der Waals surface area contributed by atoms with Crippen LogP contribution in [0.4, 0.5) is 5.69 Å². The predicted octanol–water partition coefficient (Wildman–Crippen LogP) is 3.86. The Hall–Kier alpha value is -2.10. The van der Waals surface area contributed by atoms with Crippen molar-refractivity contribution in [2.75, 3.05) is 19.5 Å². The van der Waals surface area contributed by atoms with Crippen LogP contribution in [0.1, 0.15) is 25.1 Å². The van der Waals surface area contributed by atoms with Crippen molar-refractivity contribution < 1.29 is 13.9 Å². The summed E-state index contributed by atoms with van der Waals surface area (Å²) in [6.07, 6.45) is 2.61. The number of hydrogen-bond acceptors (Lipinski definition) is 4. The van der Waals surface area contributed by atoms with Gasteiger partial charge >= 0.3 is 0 Å². The van der Waals surface area contributed by atoms with Gasteiger partial charge in [-0.05, 0) is 18.6 Å². The molecule has 0 aliphatic heterocycles. The number of rotatable bonds is 6. The Bertz CT molecular complexity index is 486. The first kappa shape index (κ1) is 13.3. The molecule has 0 aliphatic rings. The molecule has 0 bridgehead atoms. The molecule has 0 aliphatic carbocycles. The molecule has 0 amide bonds. The van der Waals surface area contributed by atoms with E-state index in [2.05, 4.69) is 12.2 Å². The maximum Gasteiger partial charge on any atom is 0.125 e. The van der Waals surface area contributed by atoms with Gasteiger partial charge in [-0.1, -0.05) is 6.92 Å². The van der Waals surface area contributed by atoms with Crippen LogP contribution in [0.3, 0.4) is 0 Å². The highest BCUT2D eigenvalue weighted by Crippen LogP contribution is 2.29. The van der Waals surface area contributed by atoms with Crippen molar-refractivity contribution in [2.45, 2.75) is 19.4 Å². The highest BCUT2D eigenvalue weighted by molar-refractivity contribution is 5.54. The lowest BCUT2D eigenvalue weighted by molar-refractivity contribution is 0.394. The zero-order chi connectivity index (χ0) is 13.7. The molecule has 1 aromatic carbocycles. The molecular weight excluding hydrogens is 242 g/mol. The molecule has 1 unspecified atom stereocenters. The summed E-state index contributed by atoms with van der Waals surface area (Å²) >= 11 is 0. The Balaban J connectivity index is 2.21.